The Morgan fingerprint density at radius 1 is 1.52 bits per heavy atom. The van der Waals surface area contributed by atoms with Crippen LogP contribution in [0, 0.1) is 5.92 Å². The van der Waals surface area contributed by atoms with Crippen LogP contribution in [0.15, 0.2) is 6.20 Å². The van der Waals surface area contributed by atoms with E-state index in [0.29, 0.717) is 24.3 Å². The number of aromatic nitrogens is 3. The first-order valence-corrected chi connectivity index (χ1v) is 7.54. The highest BCUT2D eigenvalue weighted by Gasteiger charge is 2.21. The van der Waals surface area contributed by atoms with Crippen molar-refractivity contribution in [1.82, 2.24) is 25.6 Å². The molecule has 1 amide bonds. The number of carbonyl (C=O) groups is 1. The third-order valence-electron chi connectivity index (χ3n) is 3.89. The van der Waals surface area contributed by atoms with Crippen molar-refractivity contribution in [3.8, 4) is 0 Å². The molecule has 1 aliphatic rings. The zero-order chi connectivity index (χ0) is 15.2. The highest BCUT2D eigenvalue weighted by atomic mass is 16.5. The second kappa shape index (κ2) is 7.51. The lowest BCUT2D eigenvalue weighted by molar-refractivity contribution is 0.0861. The van der Waals surface area contributed by atoms with Crippen molar-refractivity contribution in [2.75, 3.05) is 26.8 Å². The van der Waals surface area contributed by atoms with Gasteiger partial charge in [0.25, 0.3) is 5.91 Å². The minimum atomic E-state index is -0.189. The number of rotatable bonds is 6. The predicted molar refractivity (Wildman–Crippen MR) is 79.1 cm³/mol. The number of nitrogens with one attached hydrogen (secondary N) is 2. The van der Waals surface area contributed by atoms with E-state index in [1.807, 2.05) is 4.68 Å². The molecule has 1 aliphatic heterocycles. The fourth-order valence-electron chi connectivity index (χ4n) is 2.45. The predicted octanol–water partition coefficient (Wildman–Crippen LogP) is 0.603. The maximum atomic E-state index is 12.2. The highest BCUT2D eigenvalue weighted by Crippen LogP contribution is 2.17. The average Bonchev–Trinajstić information content (AvgIpc) is 2.97. The Balaban J connectivity index is 1.97. The molecule has 0 aliphatic carbocycles. The fraction of sp³-hybridized carbons (Fsp3) is 0.786. The average molecular weight is 295 g/mol. The minimum absolute atomic E-state index is 0.0217. The van der Waals surface area contributed by atoms with Crippen LogP contribution in [0.2, 0.25) is 0 Å². The molecule has 1 aromatic rings. The van der Waals surface area contributed by atoms with Crippen LogP contribution in [0.4, 0.5) is 0 Å². The zero-order valence-electron chi connectivity index (χ0n) is 13.0. The van der Waals surface area contributed by atoms with Gasteiger partial charge >= 0.3 is 0 Å². The van der Waals surface area contributed by atoms with Gasteiger partial charge in [0.15, 0.2) is 5.69 Å². The molecule has 1 fully saturated rings. The quantitative estimate of drug-likeness (QED) is 0.803. The lowest BCUT2D eigenvalue weighted by Crippen LogP contribution is -2.41. The van der Waals surface area contributed by atoms with Crippen molar-refractivity contribution in [3.63, 3.8) is 0 Å². The maximum Gasteiger partial charge on any atom is 0.273 e. The molecule has 1 atom stereocenters. The fourth-order valence-corrected chi connectivity index (χ4v) is 2.45. The number of hydrogen-bond acceptors (Lipinski definition) is 5. The van der Waals surface area contributed by atoms with Crippen LogP contribution < -0.4 is 10.6 Å². The summed E-state index contributed by atoms with van der Waals surface area (Å²) in [4.78, 5) is 12.2. The van der Waals surface area contributed by atoms with Gasteiger partial charge in [-0.05, 0) is 31.8 Å². The summed E-state index contributed by atoms with van der Waals surface area (Å²) >= 11 is 0. The third kappa shape index (κ3) is 4.25. The van der Waals surface area contributed by atoms with Gasteiger partial charge in [0, 0.05) is 7.11 Å². The van der Waals surface area contributed by atoms with Crippen molar-refractivity contribution in [1.29, 1.82) is 0 Å². The maximum absolute atomic E-state index is 12.2. The van der Waals surface area contributed by atoms with Gasteiger partial charge in [-0.1, -0.05) is 19.1 Å². The van der Waals surface area contributed by atoms with Crippen LogP contribution in [0.1, 0.15) is 43.2 Å². The third-order valence-corrected chi connectivity index (χ3v) is 3.89. The van der Waals surface area contributed by atoms with Crippen molar-refractivity contribution < 1.29 is 9.53 Å². The van der Waals surface area contributed by atoms with Gasteiger partial charge in [-0.3, -0.25) is 4.79 Å². The first kappa shape index (κ1) is 15.9. The largest absolute Gasteiger partial charge is 0.383 e. The van der Waals surface area contributed by atoms with Gasteiger partial charge in [0.2, 0.25) is 0 Å². The van der Waals surface area contributed by atoms with Crippen molar-refractivity contribution >= 4 is 5.91 Å². The molecule has 1 saturated heterocycles. The molecule has 2 N–H and O–H groups in total. The molecular weight excluding hydrogens is 270 g/mol. The molecule has 7 heteroatoms. The van der Waals surface area contributed by atoms with E-state index >= 15 is 0 Å². The van der Waals surface area contributed by atoms with E-state index in [-0.39, 0.29) is 11.9 Å². The molecule has 1 aromatic heterocycles. The summed E-state index contributed by atoms with van der Waals surface area (Å²) in [5.74, 6) is 0.110. The number of carbonyl (C=O) groups excluding carboxylic acids is 1. The van der Waals surface area contributed by atoms with Crippen LogP contribution in [0.25, 0.3) is 0 Å². The van der Waals surface area contributed by atoms with E-state index in [0.717, 1.165) is 25.9 Å². The van der Waals surface area contributed by atoms with E-state index in [1.165, 1.54) is 0 Å². The topological polar surface area (TPSA) is 81.1 Å². The van der Waals surface area contributed by atoms with Crippen molar-refractivity contribution in [2.45, 2.75) is 38.8 Å². The SMILES string of the molecule is COCC(NC(=O)c1cn(C2CCNCC2)nn1)C(C)C. The van der Waals surface area contributed by atoms with Crippen LogP contribution in [-0.4, -0.2) is 53.7 Å². The summed E-state index contributed by atoms with van der Waals surface area (Å²) < 4.78 is 6.96. The van der Waals surface area contributed by atoms with Crippen molar-refractivity contribution in [3.05, 3.63) is 11.9 Å². The molecule has 0 bridgehead atoms. The Kier molecular flexibility index (Phi) is 5.69. The number of nitrogens with zero attached hydrogens (tertiary/aromatic N) is 3. The Morgan fingerprint density at radius 3 is 2.86 bits per heavy atom. The van der Waals surface area contributed by atoms with Crippen LogP contribution in [0.5, 0.6) is 0 Å². The Hall–Kier alpha value is -1.47. The van der Waals surface area contributed by atoms with Crippen LogP contribution in [-0.2, 0) is 4.74 Å². The number of ether oxygens (including phenoxy) is 1. The minimum Gasteiger partial charge on any atom is -0.383 e. The molecule has 21 heavy (non-hydrogen) atoms. The summed E-state index contributed by atoms with van der Waals surface area (Å²) in [5, 5.41) is 14.4. The van der Waals surface area contributed by atoms with Crippen LogP contribution in [0.3, 0.4) is 0 Å². The highest BCUT2D eigenvalue weighted by molar-refractivity contribution is 5.92. The number of methoxy groups -OCH3 is 1. The Bertz CT molecular complexity index is 454. The molecular formula is C14H25N5O2. The summed E-state index contributed by atoms with van der Waals surface area (Å²) in [6.45, 7) is 6.56. The van der Waals surface area contributed by atoms with Gasteiger partial charge in [-0.25, -0.2) is 4.68 Å². The second-order valence-corrected chi connectivity index (χ2v) is 5.84. The molecule has 7 nitrogen and oxygen atoms in total. The molecule has 0 aromatic carbocycles. The Labute approximate surface area is 125 Å². The van der Waals surface area contributed by atoms with E-state index in [4.69, 9.17) is 4.74 Å². The molecule has 0 spiro atoms. The van der Waals surface area contributed by atoms with Gasteiger partial charge in [-0.15, -0.1) is 5.10 Å². The standard InChI is InChI=1S/C14H25N5O2/c1-10(2)13(9-21-3)16-14(20)12-8-19(18-17-12)11-4-6-15-7-5-11/h8,10-11,13,15H,4-7,9H2,1-3H3,(H,16,20). The monoisotopic (exact) mass is 295 g/mol. The smallest absolute Gasteiger partial charge is 0.273 e. The number of hydrogen-bond donors (Lipinski definition) is 2. The van der Waals surface area contributed by atoms with Gasteiger partial charge in [0.05, 0.1) is 24.9 Å². The van der Waals surface area contributed by atoms with E-state index < -0.39 is 0 Å². The second-order valence-electron chi connectivity index (χ2n) is 5.84. The summed E-state index contributed by atoms with van der Waals surface area (Å²) in [5.41, 5.74) is 0.371. The molecule has 118 valence electrons. The lowest BCUT2D eigenvalue weighted by Gasteiger charge is -2.22. The number of amides is 1. The first-order chi connectivity index (χ1) is 10.1. The summed E-state index contributed by atoms with van der Waals surface area (Å²) in [6, 6.07) is 0.312. The molecule has 2 rings (SSSR count). The Morgan fingerprint density at radius 2 is 2.24 bits per heavy atom. The molecule has 0 saturated carbocycles. The van der Waals surface area contributed by atoms with Gasteiger partial charge in [-0.2, -0.15) is 0 Å². The molecule has 2 heterocycles. The van der Waals surface area contributed by atoms with E-state index in [9.17, 15) is 4.79 Å². The van der Waals surface area contributed by atoms with E-state index in [2.05, 4.69) is 34.8 Å². The van der Waals surface area contributed by atoms with Gasteiger partial charge in [0.1, 0.15) is 0 Å². The first-order valence-electron chi connectivity index (χ1n) is 7.54. The van der Waals surface area contributed by atoms with Crippen LogP contribution >= 0.6 is 0 Å². The normalized spacial score (nSPS) is 17.9. The number of piperidine rings is 1. The molecule has 0 radical (unpaired) electrons. The van der Waals surface area contributed by atoms with Gasteiger partial charge < -0.3 is 15.4 Å². The zero-order valence-corrected chi connectivity index (χ0v) is 13.0. The molecule has 1 unspecified atom stereocenters. The lowest BCUT2D eigenvalue weighted by atomic mass is 10.1. The van der Waals surface area contributed by atoms with E-state index in [1.54, 1.807) is 13.3 Å². The van der Waals surface area contributed by atoms with Crippen molar-refractivity contribution in [2.24, 2.45) is 5.92 Å². The summed E-state index contributed by atoms with van der Waals surface area (Å²) in [7, 11) is 1.63. The summed E-state index contributed by atoms with van der Waals surface area (Å²) in [6.07, 6.45) is 3.78.